The Morgan fingerprint density at radius 3 is 2.58 bits per heavy atom. The number of allylic oxidation sites excluding steroid dienone is 1. The molecular weight excluding hydrogens is 353 g/mol. The van der Waals surface area contributed by atoms with E-state index in [1.54, 1.807) is 5.38 Å². The molecule has 24 heavy (non-hydrogen) atoms. The Kier molecular flexibility index (Phi) is 4.51. The van der Waals surface area contributed by atoms with Crippen LogP contribution in [0.3, 0.4) is 0 Å². The van der Waals surface area contributed by atoms with Gasteiger partial charge in [-0.05, 0) is 29.2 Å². The van der Waals surface area contributed by atoms with Gasteiger partial charge >= 0.3 is 6.18 Å². The molecule has 0 fully saturated rings. The van der Waals surface area contributed by atoms with E-state index in [1.165, 1.54) is 46.9 Å². The van der Waals surface area contributed by atoms with Crippen molar-refractivity contribution in [1.29, 1.82) is 5.26 Å². The molecule has 2 aromatic heterocycles. The number of halogens is 3. The summed E-state index contributed by atoms with van der Waals surface area (Å²) in [5.74, 6) is 0. The van der Waals surface area contributed by atoms with Gasteiger partial charge in [0.25, 0.3) is 0 Å². The van der Waals surface area contributed by atoms with Crippen molar-refractivity contribution in [3.8, 4) is 16.6 Å². The maximum Gasteiger partial charge on any atom is 0.416 e. The molecule has 0 spiro atoms. The maximum atomic E-state index is 13.1. The molecule has 0 saturated carbocycles. The molecule has 7 heteroatoms. The Morgan fingerprint density at radius 2 is 1.92 bits per heavy atom. The van der Waals surface area contributed by atoms with Gasteiger partial charge in [0.05, 0.1) is 21.7 Å². The van der Waals surface area contributed by atoms with Gasteiger partial charge in [0.15, 0.2) is 0 Å². The number of hydrogen-bond acceptors (Lipinski definition) is 4. The van der Waals surface area contributed by atoms with E-state index in [9.17, 15) is 18.4 Å². The third-order valence-corrected chi connectivity index (χ3v) is 4.96. The summed E-state index contributed by atoms with van der Waals surface area (Å²) in [7, 11) is 0. The molecule has 0 saturated heterocycles. The average Bonchev–Trinajstić information content (AvgIpc) is 3.23. The van der Waals surface area contributed by atoms with Gasteiger partial charge in [-0.25, -0.2) is 4.98 Å². The summed E-state index contributed by atoms with van der Waals surface area (Å²) in [4.78, 5) is 5.32. The minimum Gasteiger partial charge on any atom is -0.234 e. The lowest BCUT2D eigenvalue weighted by Gasteiger charge is -2.09. The zero-order valence-corrected chi connectivity index (χ0v) is 13.7. The molecule has 0 unspecified atom stereocenters. The van der Waals surface area contributed by atoms with Gasteiger partial charge < -0.3 is 0 Å². The van der Waals surface area contributed by atoms with E-state index < -0.39 is 11.7 Å². The molecule has 0 aliphatic carbocycles. The smallest absolute Gasteiger partial charge is 0.234 e. The number of aromatic nitrogens is 1. The molecule has 3 aromatic rings. The van der Waals surface area contributed by atoms with E-state index in [0.717, 1.165) is 16.6 Å². The molecule has 3 rings (SSSR count). The van der Waals surface area contributed by atoms with Gasteiger partial charge in [-0.15, -0.1) is 22.7 Å². The van der Waals surface area contributed by atoms with Gasteiger partial charge in [-0.3, -0.25) is 0 Å². The monoisotopic (exact) mass is 362 g/mol. The van der Waals surface area contributed by atoms with E-state index >= 15 is 0 Å². The average molecular weight is 362 g/mol. The summed E-state index contributed by atoms with van der Waals surface area (Å²) in [6, 6.07) is 10.9. The van der Waals surface area contributed by atoms with Crippen LogP contribution in [-0.4, -0.2) is 4.98 Å². The number of alkyl halides is 3. The molecule has 1 aromatic carbocycles. The number of nitriles is 1. The van der Waals surface area contributed by atoms with Crippen molar-refractivity contribution in [1.82, 2.24) is 4.98 Å². The molecule has 120 valence electrons. The maximum absolute atomic E-state index is 13.1. The van der Waals surface area contributed by atoms with Crippen molar-refractivity contribution in [2.75, 3.05) is 0 Å². The first-order chi connectivity index (χ1) is 11.5. The SMILES string of the molecule is N#C/C(=C/c1ccccc1C(F)(F)F)c1nc(-c2cccs2)cs1. The molecule has 0 amide bonds. The lowest BCUT2D eigenvalue weighted by molar-refractivity contribution is -0.137. The molecule has 0 atom stereocenters. The van der Waals surface area contributed by atoms with Crippen LogP contribution < -0.4 is 0 Å². The molecule has 0 aliphatic heterocycles. The highest BCUT2D eigenvalue weighted by molar-refractivity contribution is 7.14. The zero-order valence-electron chi connectivity index (χ0n) is 12.0. The first-order valence-electron chi connectivity index (χ1n) is 6.77. The molecule has 0 bridgehead atoms. The summed E-state index contributed by atoms with van der Waals surface area (Å²) >= 11 is 2.75. The van der Waals surface area contributed by atoms with Crippen LogP contribution in [-0.2, 0) is 6.18 Å². The molecular formula is C17H9F3N2S2. The highest BCUT2D eigenvalue weighted by Gasteiger charge is 2.32. The second-order valence-corrected chi connectivity index (χ2v) is 6.58. The largest absolute Gasteiger partial charge is 0.416 e. The second-order valence-electron chi connectivity index (χ2n) is 4.77. The Morgan fingerprint density at radius 1 is 1.12 bits per heavy atom. The summed E-state index contributed by atoms with van der Waals surface area (Å²) in [5, 5.41) is 13.5. The zero-order chi connectivity index (χ0) is 17.2. The van der Waals surface area contributed by atoms with E-state index in [1.807, 2.05) is 23.6 Å². The number of benzene rings is 1. The van der Waals surface area contributed by atoms with Gasteiger partial charge in [-0.2, -0.15) is 18.4 Å². The fourth-order valence-electron chi connectivity index (χ4n) is 2.11. The fourth-order valence-corrected chi connectivity index (χ4v) is 3.66. The van der Waals surface area contributed by atoms with E-state index in [0.29, 0.717) is 5.01 Å². The lowest BCUT2D eigenvalue weighted by Crippen LogP contribution is -2.07. The molecule has 2 heterocycles. The van der Waals surface area contributed by atoms with Crippen molar-refractivity contribution in [2.24, 2.45) is 0 Å². The predicted molar refractivity (Wildman–Crippen MR) is 90.4 cm³/mol. The number of nitrogens with zero attached hydrogens (tertiary/aromatic N) is 2. The first-order valence-corrected chi connectivity index (χ1v) is 8.53. The van der Waals surface area contributed by atoms with E-state index in [2.05, 4.69) is 4.98 Å². The van der Waals surface area contributed by atoms with Crippen LogP contribution >= 0.6 is 22.7 Å². The van der Waals surface area contributed by atoms with Crippen LogP contribution in [0.1, 0.15) is 16.1 Å². The van der Waals surface area contributed by atoms with Crippen molar-refractivity contribution in [2.45, 2.75) is 6.18 Å². The summed E-state index contributed by atoms with van der Waals surface area (Å²) in [6.07, 6.45) is -3.24. The van der Waals surface area contributed by atoms with Crippen LogP contribution in [0.25, 0.3) is 22.2 Å². The van der Waals surface area contributed by atoms with Crippen LogP contribution in [0.2, 0.25) is 0 Å². The lowest BCUT2D eigenvalue weighted by atomic mass is 10.0. The minimum absolute atomic E-state index is 0.0468. The first kappa shape index (κ1) is 16.4. The van der Waals surface area contributed by atoms with Crippen LogP contribution in [0.4, 0.5) is 13.2 Å². The van der Waals surface area contributed by atoms with Crippen molar-refractivity contribution in [3.05, 3.63) is 63.3 Å². The second kappa shape index (κ2) is 6.59. The van der Waals surface area contributed by atoms with E-state index in [-0.39, 0.29) is 11.1 Å². The van der Waals surface area contributed by atoms with Crippen LogP contribution in [0, 0.1) is 11.3 Å². The third-order valence-electron chi connectivity index (χ3n) is 3.19. The van der Waals surface area contributed by atoms with Crippen LogP contribution in [0.5, 0.6) is 0 Å². The van der Waals surface area contributed by atoms with Crippen molar-refractivity contribution >= 4 is 34.3 Å². The number of thiophene rings is 1. The van der Waals surface area contributed by atoms with Crippen LogP contribution in [0.15, 0.2) is 47.2 Å². The minimum atomic E-state index is -4.47. The summed E-state index contributed by atoms with van der Waals surface area (Å²) < 4.78 is 39.2. The van der Waals surface area contributed by atoms with E-state index in [4.69, 9.17) is 0 Å². The molecule has 2 nitrogen and oxygen atoms in total. The van der Waals surface area contributed by atoms with Crippen molar-refractivity contribution < 1.29 is 13.2 Å². The van der Waals surface area contributed by atoms with Gasteiger partial charge in [0.2, 0.25) is 0 Å². The quantitative estimate of drug-likeness (QED) is 0.540. The highest BCUT2D eigenvalue weighted by atomic mass is 32.1. The highest BCUT2D eigenvalue weighted by Crippen LogP contribution is 2.34. The van der Waals surface area contributed by atoms with Gasteiger partial charge in [-0.1, -0.05) is 24.3 Å². The number of hydrogen-bond donors (Lipinski definition) is 0. The fraction of sp³-hybridized carbons (Fsp3) is 0.0588. The predicted octanol–water partition coefficient (Wildman–Crippen LogP) is 5.95. The molecule has 0 radical (unpaired) electrons. The topological polar surface area (TPSA) is 36.7 Å². The Balaban J connectivity index is 2.02. The Labute approximate surface area is 144 Å². The number of thiazole rings is 1. The van der Waals surface area contributed by atoms with Gasteiger partial charge in [0, 0.05) is 5.38 Å². The standard InChI is InChI=1S/C17H9F3N2S2/c18-17(19,20)13-5-2-1-4-11(13)8-12(9-21)16-22-14(10-24-16)15-6-3-7-23-15/h1-8,10H/b12-8-. The third kappa shape index (κ3) is 3.40. The Bertz CT molecular complexity index is 916. The Hall–Kier alpha value is -2.43. The van der Waals surface area contributed by atoms with Crippen molar-refractivity contribution in [3.63, 3.8) is 0 Å². The molecule has 0 N–H and O–H groups in total. The normalized spacial score (nSPS) is 12.2. The summed E-state index contributed by atoms with van der Waals surface area (Å²) in [6.45, 7) is 0. The summed E-state index contributed by atoms with van der Waals surface area (Å²) in [5.41, 5.74) is 0.0111. The molecule has 0 aliphatic rings. The van der Waals surface area contributed by atoms with Gasteiger partial charge in [0.1, 0.15) is 11.1 Å². The number of rotatable bonds is 3.